The molecular formula is C14H10ClN3O. The molecule has 5 heteroatoms. The molecule has 4 nitrogen and oxygen atoms in total. The maximum atomic E-state index is 6.16. The number of ether oxygens (including phenoxy) is 1. The minimum Gasteiger partial charge on any atom is -0.436 e. The number of nitrogen functional groups attached to an aromatic ring is 1. The number of rotatable bonds is 2. The summed E-state index contributed by atoms with van der Waals surface area (Å²) < 4.78 is 5.74. The molecule has 2 N–H and O–H groups in total. The van der Waals surface area contributed by atoms with Crippen molar-refractivity contribution in [2.24, 2.45) is 0 Å². The Morgan fingerprint density at radius 3 is 2.63 bits per heavy atom. The highest BCUT2D eigenvalue weighted by Crippen LogP contribution is 2.34. The normalized spacial score (nSPS) is 10.6. The summed E-state index contributed by atoms with van der Waals surface area (Å²) in [6.45, 7) is 0. The number of nitrogens with two attached hydrogens (primary N) is 1. The number of hydrogen-bond donors (Lipinski definition) is 1. The minimum absolute atomic E-state index is 0.336. The van der Waals surface area contributed by atoms with Crippen LogP contribution in [0.4, 0.5) is 5.69 Å². The largest absolute Gasteiger partial charge is 0.436 e. The Labute approximate surface area is 114 Å². The average Bonchev–Trinajstić information content (AvgIpc) is 2.44. The second-order valence-electron chi connectivity index (χ2n) is 3.98. The van der Waals surface area contributed by atoms with E-state index < -0.39 is 0 Å². The van der Waals surface area contributed by atoms with Gasteiger partial charge in [0.05, 0.1) is 6.20 Å². The first-order valence-corrected chi connectivity index (χ1v) is 6.04. The Morgan fingerprint density at radius 2 is 1.84 bits per heavy atom. The van der Waals surface area contributed by atoms with E-state index in [9.17, 15) is 0 Å². The van der Waals surface area contributed by atoms with Gasteiger partial charge in [-0.15, -0.1) is 0 Å². The van der Waals surface area contributed by atoms with Gasteiger partial charge in [0.25, 0.3) is 0 Å². The standard InChI is InChI=1S/C14H10ClN3O/c15-11-5-6-13(10-4-2-1-3-9(10)11)19-14-12(16)7-17-8-18-14/h1-8H,16H2. The number of nitrogens with zero attached hydrogens (tertiary/aromatic N) is 2. The molecule has 0 amide bonds. The van der Waals surface area contributed by atoms with E-state index >= 15 is 0 Å². The molecule has 0 atom stereocenters. The number of aromatic nitrogens is 2. The van der Waals surface area contributed by atoms with E-state index in [4.69, 9.17) is 22.1 Å². The van der Waals surface area contributed by atoms with Crippen molar-refractivity contribution in [3.8, 4) is 11.6 Å². The van der Waals surface area contributed by atoms with Gasteiger partial charge >= 0.3 is 0 Å². The Kier molecular flexibility index (Phi) is 2.93. The van der Waals surface area contributed by atoms with E-state index in [0.717, 1.165) is 10.8 Å². The number of halogens is 1. The molecule has 94 valence electrons. The lowest BCUT2D eigenvalue weighted by atomic mass is 10.1. The molecule has 1 heterocycles. The smallest absolute Gasteiger partial charge is 0.245 e. The second-order valence-corrected chi connectivity index (χ2v) is 4.38. The van der Waals surface area contributed by atoms with Gasteiger partial charge in [0.2, 0.25) is 5.88 Å². The van der Waals surface area contributed by atoms with Crippen LogP contribution in [0.2, 0.25) is 5.02 Å². The molecule has 0 spiro atoms. The fraction of sp³-hybridized carbons (Fsp3) is 0. The Bertz CT molecular complexity index is 746. The molecule has 0 aliphatic rings. The fourth-order valence-electron chi connectivity index (χ4n) is 1.84. The fourth-order valence-corrected chi connectivity index (χ4v) is 2.07. The van der Waals surface area contributed by atoms with Gasteiger partial charge in [-0.1, -0.05) is 35.9 Å². The third kappa shape index (κ3) is 2.18. The van der Waals surface area contributed by atoms with Crippen molar-refractivity contribution in [2.75, 3.05) is 5.73 Å². The number of fused-ring (bicyclic) bond motifs is 1. The topological polar surface area (TPSA) is 61.0 Å². The first kappa shape index (κ1) is 11.7. The summed E-state index contributed by atoms with van der Waals surface area (Å²) in [5.74, 6) is 0.993. The molecule has 1 aromatic heterocycles. The zero-order valence-electron chi connectivity index (χ0n) is 9.88. The van der Waals surface area contributed by atoms with Crippen LogP contribution >= 0.6 is 11.6 Å². The van der Waals surface area contributed by atoms with Crippen LogP contribution in [-0.4, -0.2) is 9.97 Å². The van der Waals surface area contributed by atoms with E-state index in [-0.39, 0.29) is 0 Å². The van der Waals surface area contributed by atoms with Gasteiger partial charge in [0.1, 0.15) is 17.8 Å². The van der Waals surface area contributed by atoms with E-state index in [1.807, 2.05) is 24.3 Å². The SMILES string of the molecule is Nc1cncnc1Oc1ccc(Cl)c2ccccc12. The van der Waals surface area contributed by atoms with Crippen LogP contribution in [-0.2, 0) is 0 Å². The number of benzene rings is 2. The van der Waals surface area contributed by atoms with Crippen LogP contribution in [0, 0.1) is 0 Å². The van der Waals surface area contributed by atoms with Crippen LogP contribution in [0.1, 0.15) is 0 Å². The molecule has 2 aromatic carbocycles. The van der Waals surface area contributed by atoms with Gasteiger partial charge < -0.3 is 10.5 Å². The van der Waals surface area contributed by atoms with Crippen molar-refractivity contribution < 1.29 is 4.74 Å². The Balaban J connectivity index is 2.12. The summed E-state index contributed by atoms with van der Waals surface area (Å²) in [4.78, 5) is 7.84. The van der Waals surface area contributed by atoms with Crippen molar-refractivity contribution in [2.45, 2.75) is 0 Å². The molecule has 3 rings (SSSR count). The maximum absolute atomic E-state index is 6.16. The molecule has 0 fully saturated rings. The van der Waals surface area contributed by atoms with Gasteiger partial charge in [0.15, 0.2) is 0 Å². The molecule has 0 unspecified atom stereocenters. The quantitative estimate of drug-likeness (QED) is 0.773. The lowest BCUT2D eigenvalue weighted by Gasteiger charge is -2.10. The number of hydrogen-bond acceptors (Lipinski definition) is 4. The van der Waals surface area contributed by atoms with Crippen molar-refractivity contribution in [1.29, 1.82) is 0 Å². The average molecular weight is 272 g/mol. The Hall–Kier alpha value is -2.33. The summed E-state index contributed by atoms with van der Waals surface area (Å²) in [6.07, 6.45) is 2.89. The number of anilines is 1. The zero-order valence-corrected chi connectivity index (χ0v) is 10.6. The third-order valence-electron chi connectivity index (χ3n) is 2.74. The van der Waals surface area contributed by atoms with Crippen LogP contribution in [0.25, 0.3) is 10.8 Å². The molecule has 0 bridgehead atoms. The predicted octanol–water partition coefficient (Wildman–Crippen LogP) is 3.66. The molecule has 0 saturated heterocycles. The van der Waals surface area contributed by atoms with Crippen LogP contribution in [0.15, 0.2) is 48.9 Å². The first-order chi connectivity index (χ1) is 9.25. The lowest BCUT2D eigenvalue weighted by molar-refractivity contribution is 0.469. The van der Waals surface area contributed by atoms with E-state index in [1.165, 1.54) is 12.5 Å². The third-order valence-corrected chi connectivity index (χ3v) is 3.07. The molecule has 0 saturated carbocycles. The Morgan fingerprint density at radius 1 is 1.05 bits per heavy atom. The lowest BCUT2D eigenvalue weighted by Crippen LogP contribution is -1.96. The monoisotopic (exact) mass is 271 g/mol. The summed E-state index contributed by atoms with van der Waals surface area (Å²) >= 11 is 6.16. The van der Waals surface area contributed by atoms with Gasteiger partial charge in [-0.25, -0.2) is 4.98 Å². The van der Waals surface area contributed by atoms with Crippen LogP contribution < -0.4 is 10.5 Å². The van der Waals surface area contributed by atoms with Crippen molar-refractivity contribution in [3.05, 3.63) is 53.9 Å². The van der Waals surface area contributed by atoms with Crippen molar-refractivity contribution >= 4 is 28.1 Å². The summed E-state index contributed by atoms with van der Waals surface area (Å²) in [5.41, 5.74) is 6.16. The maximum Gasteiger partial charge on any atom is 0.245 e. The van der Waals surface area contributed by atoms with Gasteiger partial charge in [0, 0.05) is 15.8 Å². The van der Waals surface area contributed by atoms with Crippen LogP contribution in [0.3, 0.4) is 0 Å². The van der Waals surface area contributed by atoms with E-state index in [0.29, 0.717) is 22.3 Å². The van der Waals surface area contributed by atoms with E-state index in [1.54, 1.807) is 12.1 Å². The summed E-state index contributed by atoms with van der Waals surface area (Å²) in [5, 5.41) is 2.51. The molecule has 0 aliphatic heterocycles. The highest BCUT2D eigenvalue weighted by Gasteiger charge is 2.08. The van der Waals surface area contributed by atoms with Gasteiger partial charge in [-0.05, 0) is 12.1 Å². The minimum atomic E-state index is 0.336. The molecule has 0 radical (unpaired) electrons. The molecule has 3 aromatic rings. The van der Waals surface area contributed by atoms with Gasteiger partial charge in [-0.3, -0.25) is 0 Å². The van der Waals surface area contributed by atoms with Crippen molar-refractivity contribution in [3.63, 3.8) is 0 Å². The first-order valence-electron chi connectivity index (χ1n) is 5.66. The highest BCUT2D eigenvalue weighted by molar-refractivity contribution is 6.35. The zero-order chi connectivity index (χ0) is 13.2. The summed E-state index contributed by atoms with van der Waals surface area (Å²) in [6, 6.07) is 11.3. The predicted molar refractivity (Wildman–Crippen MR) is 75.5 cm³/mol. The van der Waals surface area contributed by atoms with Crippen molar-refractivity contribution in [1.82, 2.24) is 9.97 Å². The second kappa shape index (κ2) is 4.74. The molecule has 0 aliphatic carbocycles. The summed E-state index contributed by atoms with van der Waals surface area (Å²) in [7, 11) is 0. The highest BCUT2D eigenvalue weighted by atomic mass is 35.5. The van der Waals surface area contributed by atoms with E-state index in [2.05, 4.69) is 9.97 Å². The molecular weight excluding hydrogens is 262 g/mol. The molecule has 19 heavy (non-hydrogen) atoms. The van der Waals surface area contributed by atoms with Gasteiger partial charge in [-0.2, -0.15) is 4.98 Å². The van der Waals surface area contributed by atoms with Crippen LogP contribution in [0.5, 0.6) is 11.6 Å².